The summed E-state index contributed by atoms with van der Waals surface area (Å²) in [6, 6.07) is 0. The zero-order valence-corrected chi connectivity index (χ0v) is 7.99. The minimum Gasteiger partial charge on any atom is -0.481 e. The average Bonchev–Trinajstić information content (AvgIpc) is 2.03. The third kappa shape index (κ3) is 4.50. The van der Waals surface area contributed by atoms with Gasteiger partial charge in [-0.1, -0.05) is 20.3 Å². The Hall–Kier alpha value is -1.06. The van der Waals surface area contributed by atoms with Crippen LogP contribution in [0.5, 0.6) is 0 Å². The van der Waals surface area contributed by atoms with Gasteiger partial charge in [0.2, 0.25) is 0 Å². The highest BCUT2D eigenvalue weighted by Crippen LogP contribution is 2.20. The number of carboxylic acids is 2. The molecule has 0 fully saturated rings. The second-order valence-electron chi connectivity index (χ2n) is 3.26. The van der Waals surface area contributed by atoms with Crippen LogP contribution in [0.25, 0.3) is 0 Å². The van der Waals surface area contributed by atoms with Crippen molar-refractivity contribution >= 4 is 11.9 Å². The van der Waals surface area contributed by atoms with Gasteiger partial charge in [0.05, 0.1) is 5.92 Å². The smallest absolute Gasteiger partial charge is 0.306 e. The predicted molar refractivity (Wildman–Crippen MR) is 47.5 cm³/mol. The number of carbonyl (C=O) groups is 2. The van der Waals surface area contributed by atoms with E-state index in [-0.39, 0.29) is 18.8 Å². The van der Waals surface area contributed by atoms with Gasteiger partial charge in [-0.25, -0.2) is 0 Å². The van der Waals surface area contributed by atoms with Crippen LogP contribution in [0.4, 0.5) is 0 Å². The first-order valence-electron chi connectivity index (χ1n) is 4.43. The Labute approximate surface area is 77.6 Å². The van der Waals surface area contributed by atoms with Gasteiger partial charge in [-0.05, 0) is 12.3 Å². The Bertz CT molecular complexity index is 188. The largest absolute Gasteiger partial charge is 0.481 e. The molecule has 0 aliphatic heterocycles. The third-order valence-electron chi connectivity index (χ3n) is 2.32. The van der Waals surface area contributed by atoms with Gasteiger partial charge in [0.25, 0.3) is 0 Å². The summed E-state index contributed by atoms with van der Waals surface area (Å²) in [7, 11) is 0. The van der Waals surface area contributed by atoms with Crippen molar-refractivity contribution in [2.24, 2.45) is 11.8 Å². The van der Waals surface area contributed by atoms with E-state index in [4.69, 9.17) is 10.2 Å². The summed E-state index contributed by atoms with van der Waals surface area (Å²) in [4.78, 5) is 21.0. The highest BCUT2D eigenvalue weighted by molar-refractivity contribution is 5.72. The van der Waals surface area contributed by atoms with Crippen LogP contribution in [0.15, 0.2) is 0 Å². The molecule has 0 aliphatic rings. The molecule has 0 radical (unpaired) electrons. The Morgan fingerprint density at radius 3 is 2.15 bits per heavy atom. The van der Waals surface area contributed by atoms with Gasteiger partial charge in [0, 0.05) is 6.42 Å². The number of carboxylic acid groups (broad SMARTS) is 2. The Morgan fingerprint density at radius 1 is 1.31 bits per heavy atom. The Kier molecular flexibility index (Phi) is 5.11. The van der Waals surface area contributed by atoms with E-state index in [0.717, 1.165) is 6.42 Å². The van der Waals surface area contributed by atoms with Crippen molar-refractivity contribution < 1.29 is 19.8 Å². The van der Waals surface area contributed by atoms with Gasteiger partial charge in [-0.2, -0.15) is 0 Å². The van der Waals surface area contributed by atoms with Crippen molar-refractivity contribution in [1.29, 1.82) is 0 Å². The van der Waals surface area contributed by atoms with Crippen LogP contribution in [-0.2, 0) is 9.59 Å². The summed E-state index contributed by atoms with van der Waals surface area (Å²) >= 11 is 0. The molecule has 2 atom stereocenters. The van der Waals surface area contributed by atoms with E-state index in [1.807, 2.05) is 13.8 Å². The predicted octanol–water partition coefficient (Wildman–Crippen LogP) is 1.60. The quantitative estimate of drug-likeness (QED) is 0.663. The SMILES string of the molecule is CCC(C)C(CCC(=O)O)C(=O)O. The van der Waals surface area contributed by atoms with Gasteiger partial charge in [-0.15, -0.1) is 0 Å². The molecule has 0 bridgehead atoms. The summed E-state index contributed by atoms with van der Waals surface area (Å²) in [5.74, 6) is -2.32. The maximum Gasteiger partial charge on any atom is 0.306 e. The van der Waals surface area contributed by atoms with Crippen LogP contribution in [0.1, 0.15) is 33.1 Å². The summed E-state index contributed by atoms with van der Waals surface area (Å²) in [5, 5.41) is 17.2. The lowest BCUT2D eigenvalue weighted by atomic mass is 9.88. The molecule has 0 aliphatic carbocycles. The molecule has 2 N–H and O–H groups in total. The van der Waals surface area contributed by atoms with Gasteiger partial charge in [0.1, 0.15) is 0 Å². The van der Waals surface area contributed by atoms with Crippen molar-refractivity contribution in [3.8, 4) is 0 Å². The van der Waals surface area contributed by atoms with Gasteiger partial charge in [0.15, 0.2) is 0 Å². The second kappa shape index (κ2) is 5.56. The zero-order valence-electron chi connectivity index (χ0n) is 7.99. The fourth-order valence-corrected chi connectivity index (χ4v) is 1.21. The lowest BCUT2D eigenvalue weighted by Gasteiger charge is -2.17. The molecular weight excluding hydrogens is 172 g/mol. The first kappa shape index (κ1) is 11.9. The van der Waals surface area contributed by atoms with Crippen molar-refractivity contribution in [2.45, 2.75) is 33.1 Å². The van der Waals surface area contributed by atoms with Crippen LogP contribution < -0.4 is 0 Å². The fourth-order valence-electron chi connectivity index (χ4n) is 1.21. The van der Waals surface area contributed by atoms with E-state index < -0.39 is 17.9 Å². The molecule has 0 saturated heterocycles. The summed E-state index contributed by atoms with van der Waals surface area (Å²) < 4.78 is 0. The van der Waals surface area contributed by atoms with Crippen LogP contribution in [0.3, 0.4) is 0 Å². The van der Waals surface area contributed by atoms with Gasteiger partial charge >= 0.3 is 11.9 Å². The summed E-state index contributed by atoms with van der Waals surface area (Å²) in [6.45, 7) is 3.74. The zero-order chi connectivity index (χ0) is 10.4. The maximum atomic E-state index is 10.7. The number of aliphatic carboxylic acids is 2. The van der Waals surface area contributed by atoms with Gasteiger partial charge < -0.3 is 10.2 Å². The van der Waals surface area contributed by atoms with Crippen molar-refractivity contribution in [1.82, 2.24) is 0 Å². The van der Waals surface area contributed by atoms with Crippen LogP contribution in [-0.4, -0.2) is 22.2 Å². The fraction of sp³-hybridized carbons (Fsp3) is 0.778. The molecule has 0 amide bonds. The molecule has 76 valence electrons. The second-order valence-corrected chi connectivity index (χ2v) is 3.26. The summed E-state index contributed by atoms with van der Waals surface area (Å²) in [5.41, 5.74) is 0. The molecule has 4 nitrogen and oxygen atoms in total. The van der Waals surface area contributed by atoms with E-state index in [1.54, 1.807) is 0 Å². The molecule has 0 rings (SSSR count). The van der Waals surface area contributed by atoms with E-state index in [1.165, 1.54) is 0 Å². The monoisotopic (exact) mass is 188 g/mol. The topological polar surface area (TPSA) is 74.6 Å². The van der Waals surface area contributed by atoms with Crippen LogP contribution in [0.2, 0.25) is 0 Å². The van der Waals surface area contributed by atoms with E-state index >= 15 is 0 Å². The van der Waals surface area contributed by atoms with Crippen LogP contribution in [0, 0.1) is 11.8 Å². The molecule has 13 heavy (non-hydrogen) atoms. The molecule has 0 aromatic rings. The molecule has 0 saturated carbocycles. The normalized spacial score (nSPS) is 14.9. The molecule has 0 aromatic heterocycles. The molecular formula is C9H16O4. The average molecular weight is 188 g/mol. The summed E-state index contributed by atoms with van der Waals surface area (Å²) in [6.07, 6.45) is 0.914. The number of hydrogen-bond acceptors (Lipinski definition) is 2. The van der Waals surface area contributed by atoms with E-state index in [9.17, 15) is 9.59 Å². The molecule has 0 aromatic carbocycles. The van der Waals surface area contributed by atoms with Crippen molar-refractivity contribution in [2.75, 3.05) is 0 Å². The molecule has 4 heteroatoms. The van der Waals surface area contributed by atoms with E-state index in [2.05, 4.69) is 0 Å². The van der Waals surface area contributed by atoms with E-state index in [0.29, 0.717) is 0 Å². The Balaban J connectivity index is 4.10. The number of hydrogen-bond donors (Lipinski definition) is 2. The molecule has 0 heterocycles. The Morgan fingerprint density at radius 2 is 1.85 bits per heavy atom. The lowest BCUT2D eigenvalue weighted by molar-refractivity contribution is -0.144. The van der Waals surface area contributed by atoms with Crippen LogP contribution >= 0.6 is 0 Å². The third-order valence-corrected chi connectivity index (χ3v) is 2.32. The first-order valence-corrected chi connectivity index (χ1v) is 4.43. The van der Waals surface area contributed by atoms with Gasteiger partial charge in [-0.3, -0.25) is 9.59 Å². The van der Waals surface area contributed by atoms with Crippen molar-refractivity contribution in [3.63, 3.8) is 0 Å². The molecule has 2 unspecified atom stereocenters. The lowest BCUT2D eigenvalue weighted by Crippen LogP contribution is -2.22. The van der Waals surface area contributed by atoms with Crippen molar-refractivity contribution in [3.05, 3.63) is 0 Å². The standard InChI is InChI=1S/C9H16O4/c1-3-6(2)7(9(12)13)4-5-8(10)11/h6-7H,3-5H2,1-2H3,(H,10,11)(H,12,13). The minimum atomic E-state index is -0.936. The highest BCUT2D eigenvalue weighted by Gasteiger charge is 2.23. The maximum absolute atomic E-state index is 10.7. The highest BCUT2D eigenvalue weighted by atomic mass is 16.4. The first-order chi connectivity index (χ1) is 5.99. The minimum absolute atomic E-state index is 0.0387. The number of rotatable bonds is 6. The molecule has 0 spiro atoms.